The van der Waals surface area contributed by atoms with E-state index in [9.17, 15) is 9.18 Å². The molecule has 2 heterocycles. The Kier molecular flexibility index (Phi) is 5.44. The molecule has 142 valence electrons. The number of halogens is 2. The van der Waals surface area contributed by atoms with Gasteiger partial charge in [-0.25, -0.2) is 9.37 Å². The van der Waals surface area contributed by atoms with E-state index in [0.29, 0.717) is 17.9 Å². The minimum Gasteiger partial charge on any atom is -0.466 e. The highest BCUT2D eigenvalue weighted by atomic mass is 35.5. The highest BCUT2D eigenvalue weighted by molar-refractivity contribution is 7.26. The Bertz CT molecular complexity index is 1140. The fourth-order valence-electron chi connectivity index (χ4n) is 2.88. The number of ether oxygens (including phenoxy) is 1. The van der Waals surface area contributed by atoms with Crippen LogP contribution in [0.1, 0.15) is 11.8 Å². The van der Waals surface area contributed by atoms with Crippen molar-refractivity contribution in [3.8, 4) is 21.1 Å². The molecule has 4 rings (SSSR count). The molecular formula is C21H15ClFNO2S2. The SMILES string of the molecule is CCOC(=O)Cc1sc(-c2cc3ccccc3s2)nc1-c1ccc(Cl)c(F)c1. The minimum atomic E-state index is -0.516. The molecule has 0 saturated heterocycles. The second-order valence-corrected chi connectivity index (χ2v) is 8.62. The van der Waals surface area contributed by atoms with Crippen LogP contribution in [0.2, 0.25) is 5.02 Å². The van der Waals surface area contributed by atoms with E-state index < -0.39 is 5.82 Å². The van der Waals surface area contributed by atoms with Crippen LogP contribution in [0.4, 0.5) is 4.39 Å². The minimum absolute atomic E-state index is 0.0515. The molecule has 0 saturated carbocycles. The normalized spacial score (nSPS) is 11.1. The summed E-state index contributed by atoms with van der Waals surface area (Å²) in [6, 6.07) is 14.8. The van der Waals surface area contributed by atoms with Crippen molar-refractivity contribution in [2.75, 3.05) is 6.61 Å². The summed E-state index contributed by atoms with van der Waals surface area (Å²) in [6.07, 6.45) is 0.0932. The van der Waals surface area contributed by atoms with Gasteiger partial charge in [0, 0.05) is 15.1 Å². The van der Waals surface area contributed by atoms with Gasteiger partial charge in [0.05, 0.1) is 28.6 Å². The van der Waals surface area contributed by atoms with Gasteiger partial charge in [0.1, 0.15) is 10.8 Å². The van der Waals surface area contributed by atoms with Crippen molar-refractivity contribution in [1.29, 1.82) is 0 Å². The molecule has 28 heavy (non-hydrogen) atoms. The fraction of sp³-hybridized carbons (Fsp3) is 0.143. The number of benzene rings is 2. The number of fused-ring (bicyclic) bond motifs is 1. The van der Waals surface area contributed by atoms with Gasteiger partial charge in [-0.3, -0.25) is 4.79 Å². The summed E-state index contributed by atoms with van der Waals surface area (Å²) in [6.45, 7) is 2.08. The summed E-state index contributed by atoms with van der Waals surface area (Å²) in [5.41, 5.74) is 1.17. The number of aromatic nitrogens is 1. The Balaban J connectivity index is 1.80. The summed E-state index contributed by atoms with van der Waals surface area (Å²) >= 11 is 8.88. The number of rotatable bonds is 5. The van der Waals surface area contributed by atoms with Crippen molar-refractivity contribution >= 4 is 50.3 Å². The second kappa shape index (κ2) is 7.99. The highest BCUT2D eigenvalue weighted by Gasteiger charge is 2.19. The molecule has 0 amide bonds. The summed E-state index contributed by atoms with van der Waals surface area (Å²) in [5.74, 6) is -0.845. The lowest BCUT2D eigenvalue weighted by molar-refractivity contribution is -0.142. The van der Waals surface area contributed by atoms with Crippen molar-refractivity contribution in [1.82, 2.24) is 4.98 Å². The molecule has 0 radical (unpaired) electrons. The molecule has 0 unspecified atom stereocenters. The molecule has 3 nitrogen and oxygen atoms in total. The number of carbonyl (C=O) groups excluding carboxylic acids is 1. The van der Waals surface area contributed by atoms with E-state index in [1.165, 1.54) is 28.2 Å². The Morgan fingerprint density at radius 1 is 1.18 bits per heavy atom. The third kappa shape index (κ3) is 3.81. The molecule has 7 heteroatoms. The first-order chi connectivity index (χ1) is 13.5. The molecule has 0 bridgehead atoms. The molecule has 2 aromatic carbocycles. The van der Waals surface area contributed by atoms with E-state index in [1.54, 1.807) is 24.3 Å². The molecule has 0 N–H and O–H groups in total. The van der Waals surface area contributed by atoms with E-state index in [2.05, 4.69) is 18.2 Å². The fourth-order valence-corrected chi connectivity index (χ4v) is 5.17. The first-order valence-electron chi connectivity index (χ1n) is 8.65. The van der Waals surface area contributed by atoms with E-state index in [4.69, 9.17) is 21.3 Å². The Morgan fingerprint density at radius 3 is 2.75 bits per heavy atom. The topological polar surface area (TPSA) is 39.2 Å². The first kappa shape index (κ1) is 19.1. The van der Waals surface area contributed by atoms with Gasteiger partial charge < -0.3 is 4.74 Å². The second-order valence-electron chi connectivity index (χ2n) is 6.05. The van der Waals surface area contributed by atoms with Gasteiger partial charge in [0.2, 0.25) is 0 Å². The summed E-state index contributed by atoms with van der Waals surface area (Å²) in [5, 5.41) is 1.99. The maximum absolute atomic E-state index is 14.0. The Morgan fingerprint density at radius 2 is 2.00 bits per heavy atom. The Hall–Kier alpha value is -2.28. The quantitative estimate of drug-likeness (QED) is 0.334. The van der Waals surface area contributed by atoms with Crippen LogP contribution in [-0.4, -0.2) is 17.6 Å². The third-order valence-electron chi connectivity index (χ3n) is 4.14. The molecule has 2 aromatic heterocycles. The van der Waals surface area contributed by atoms with E-state index >= 15 is 0 Å². The lowest BCUT2D eigenvalue weighted by Crippen LogP contribution is -2.07. The summed E-state index contributed by atoms with van der Waals surface area (Å²) in [4.78, 5) is 18.6. The zero-order chi connectivity index (χ0) is 19.7. The number of carbonyl (C=O) groups is 1. The largest absolute Gasteiger partial charge is 0.466 e. The average Bonchev–Trinajstić information content (AvgIpc) is 3.28. The van der Waals surface area contributed by atoms with Crippen molar-refractivity contribution in [3.05, 3.63) is 64.2 Å². The van der Waals surface area contributed by atoms with Crippen molar-refractivity contribution in [3.63, 3.8) is 0 Å². The van der Waals surface area contributed by atoms with Crippen LogP contribution in [0.5, 0.6) is 0 Å². The summed E-state index contributed by atoms with van der Waals surface area (Å²) < 4.78 is 20.3. The smallest absolute Gasteiger partial charge is 0.311 e. The number of thiophene rings is 1. The number of hydrogen-bond acceptors (Lipinski definition) is 5. The maximum atomic E-state index is 14.0. The van der Waals surface area contributed by atoms with Crippen LogP contribution < -0.4 is 0 Å². The van der Waals surface area contributed by atoms with Crippen LogP contribution in [-0.2, 0) is 16.0 Å². The Labute approximate surface area is 174 Å². The van der Waals surface area contributed by atoms with Crippen molar-refractivity contribution in [2.45, 2.75) is 13.3 Å². The number of hydrogen-bond donors (Lipinski definition) is 0. The molecular weight excluding hydrogens is 417 g/mol. The third-order valence-corrected chi connectivity index (χ3v) is 6.78. The highest BCUT2D eigenvalue weighted by Crippen LogP contribution is 2.40. The van der Waals surface area contributed by atoms with Crippen molar-refractivity contribution < 1.29 is 13.9 Å². The molecule has 0 atom stereocenters. The molecule has 0 fully saturated rings. The molecule has 4 aromatic rings. The van der Waals surface area contributed by atoms with Gasteiger partial charge in [0.15, 0.2) is 0 Å². The van der Waals surface area contributed by atoms with Gasteiger partial charge in [-0.1, -0.05) is 35.9 Å². The molecule has 0 spiro atoms. The van der Waals surface area contributed by atoms with Crippen molar-refractivity contribution in [2.24, 2.45) is 0 Å². The molecule has 0 aliphatic heterocycles. The monoisotopic (exact) mass is 431 g/mol. The van der Waals surface area contributed by atoms with E-state index in [0.717, 1.165) is 20.1 Å². The number of thiazole rings is 1. The summed E-state index contributed by atoms with van der Waals surface area (Å²) in [7, 11) is 0. The predicted octanol–water partition coefficient (Wildman–Crippen LogP) is 6.59. The zero-order valence-electron chi connectivity index (χ0n) is 14.9. The van der Waals surface area contributed by atoms with Crippen LogP contribution in [0, 0.1) is 5.82 Å². The predicted molar refractivity (Wildman–Crippen MR) is 114 cm³/mol. The lowest BCUT2D eigenvalue weighted by atomic mass is 10.1. The lowest BCUT2D eigenvalue weighted by Gasteiger charge is -2.04. The van der Waals surface area contributed by atoms with Gasteiger partial charge in [0.25, 0.3) is 0 Å². The van der Waals surface area contributed by atoms with Gasteiger partial charge >= 0.3 is 5.97 Å². The first-order valence-corrected chi connectivity index (χ1v) is 10.7. The van der Waals surface area contributed by atoms with Crippen LogP contribution in [0.15, 0.2) is 48.5 Å². The van der Waals surface area contributed by atoms with Gasteiger partial charge in [-0.15, -0.1) is 22.7 Å². The number of nitrogens with zero attached hydrogens (tertiary/aromatic N) is 1. The zero-order valence-corrected chi connectivity index (χ0v) is 17.3. The van der Waals surface area contributed by atoms with Crippen LogP contribution >= 0.6 is 34.3 Å². The van der Waals surface area contributed by atoms with Crippen LogP contribution in [0.3, 0.4) is 0 Å². The maximum Gasteiger partial charge on any atom is 0.311 e. The average molecular weight is 432 g/mol. The van der Waals surface area contributed by atoms with Gasteiger partial charge in [-0.2, -0.15) is 0 Å². The van der Waals surface area contributed by atoms with E-state index in [-0.39, 0.29) is 17.4 Å². The van der Waals surface area contributed by atoms with Crippen LogP contribution in [0.25, 0.3) is 31.2 Å². The molecule has 0 aliphatic carbocycles. The standard InChI is InChI=1S/C21H15ClFNO2S2/c1-2-26-19(25)11-17-20(13-7-8-14(22)15(23)9-13)24-21(28-17)18-10-12-5-3-4-6-16(12)27-18/h3-10H,2,11H2,1H3. The number of esters is 1. The van der Waals surface area contributed by atoms with Gasteiger partial charge in [-0.05, 0) is 36.6 Å². The van der Waals surface area contributed by atoms with E-state index in [1.807, 2.05) is 12.1 Å². The molecule has 0 aliphatic rings.